The van der Waals surface area contributed by atoms with Gasteiger partial charge in [0.1, 0.15) is 0 Å². The minimum Gasteiger partial charge on any atom is -0.466 e. The number of hydrogen-bond acceptors (Lipinski definition) is 18. The molecule has 0 saturated carbocycles. The molecule has 0 saturated heterocycles. The van der Waals surface area contributed by atoms with Crippen molar-refractivity contribution >= 4 is 70.6 Å². The number of rotatable bonds is 27. The molecule has 0 spiro atoms. The van der Waals surface area contributed by atoms with E-state index >= 15 is 0 Å². The third-order valence-electron chi connectivity index (χ3n) is 7.42. The third-order valence-corrected chi connectivity index (χ3v) is 8.68. The van der Waals surface area contributed by atoms with Crippen LogP contribution in [0.4, 0.5) is 13.2 Å². The number of unbranched alkanes of at least 4 members (excludes halogenated alkanes) is 5. The van der Waals surface area contributed by atoms with Gasteiger partial charge in [-0.3, -0.25) is 28.8 Å². The lowest BCUT2D eigenvalue weighted by Gasteiger charge is -2.12. The Kier molecular flexibility index (Phi) is 58.7. The van der Waals surface area contributed by atoms with E-state index in [0.29, 0.717) is 26.4 Å². The average molecular weight is 1060 g/mol. The largest absolute Gasteiger partial charge is 0.466 e. The molecule has 6 N–H and O–H groups in total. The van der Waals surface area contributed by atoms with Crippen LogP contribution in [0.1, 0.15) is 140 Å². The topological polar surface area (TPSA) is 279 Å². The van der Waals surface area contributed by atoms with Crippen LogP contribution in [0.15, 0.2) is 0 Å². The summed E-state index contributed by atoms with van der Waals surface area (Å²) >= 11 is 16.0. The molecule has 18 nitrogen and oxygen atoms in total. The number of halogens is 6. The van der Waals surface area contributed by atoms with Crippen molar-refractivity contribution in [3.63, 3.8) is 0 Å². The van der Waals surface area contributed by atoms with E-state index in [1.807, 2.05) is 13.8 Å². The summed E-state index contributed by atoms with van der Waals surface area (Å²) in [5, 5.41) is 52.0. The summed E-state index contributed by atoms with van der Waals surface area (Å²) in [6, 6.07) is 0. The number of aliphatic hydroxyl groups is 6. The highest BCUT2D eigenvalue weighted by Gasteiger charge is 2.39. The molecule has 68 heavy (non-hydrogen) atoms. The Labute approximate surface area is 415 Å². The Morgan fingerprint density at radius 1 is 0.500 bits per heavy atom. The van der Waals surface area contributed by atoms with Crippen LogP contribution in [-0.2, 0) is 57.2 Å². The zero-order valence-electron chi connectivity index (χ0n) is 41.4. The van der Waals surface area contributed by atoms with Crippen molar-refractivity contribution in [3.05, 3.63) is 0 Å². The monoisotopic (exact) mass is 1060 g/mol. The van der Waals surface area contributed by atoms with Crippen LogP contribution >= 0.6 is 34.8 Å². The van der Waals surface area contributed by atoms with Gasteiger partial charge in [-0.05, 0) is 60.8 Å². The van der Waals surface area contributed by atoms with Crippen LogP contribution in [0.2, 0.25) is 0 Å². The van der Waals surface area contributed by atoms with E-state index in [0.717, 1.165) is 12.8 Å². The summed E-state index contributed by atoms with van der Waals surface area (Å²) < 4.78 is 62.3. The average Bonchev–Trinajstić information content (AvgIpc) is 3.23. The molecule has 24 heteroatoms. The zero-order chi connectivity index (χ0) is 54.3. The quantitative estimate of drug-likeness (QED) is 0.0235. The first-order valence-corrected chi connectivity index (χ1v) is 24.0. The van der Waals surface area contributed by atoms with Gasteiger partial charge in [-0.15, -0.1) is 34.8 Å². The van der Waals surface area contributed by atoms with Gasteiger partial charge in [0.05, 0.1) is 102 Å². The van der Waals surface area contributed by atoms with Crippen molar-refractivity contribution in [1.29, 1.82) is 0 Å². The van der Waals surface area contributed by atoms with Crippen LogP contribution in [-0.4, -0.2) is 166 Å². The van der Waals surface area contributed by atoms with E-state index in [9.17, 15) is 47.0 Å². The van der Waals surface area contributed by atoms with Crippen molar-refractivity contribution in [2.75, 3.05) is 51.4 Å². The first-order valence-electron chi connectivity index (χ1n) is 22.5. The van der Waals surface area contributed by atoms with Crippen LogP contribution in [0, 0.1) is 5.92 Å². The Balaban J connectivity index is -0.000000171. The molecule has 0 aliphatic heterocycles. The summed E-state index contributed by atoms with van der Waals surface area (Å²) in [6.45, 7) is 19.1. The fraction of sp³-hybridized carbons (Fsp3) is 0.864. The maximum Gasteiger partial charge on any atom is 0.414 e. The fourth-order valence-electron chi connectivity index (χ4n) is 3.84. The van der Waals surface area contributed by atoms with Crippen LogP contribution < -0.4 is 0 Å². The summed E-state index contributed by atoms with van der Waals surface area (Å²) in [5.41, 5.74) is 0. The van der Waals surface area contributed by atoms with Crippen LogP contribution in [0.5, 0.6) is 0 Å². The molecule has 0 radical (unpaired) electrons. The normalized spacial score (nSPS) is 13.5. The predicted octanol–water partition coefficient (Wildman–Crippen LogP) is 6.10. The minimum atomic E-state index is -4.76. The number of alkyl halides is 6. The van der Waals surface area contributed by atoms with Gasteiger partial charge in [0.2, 0.25) is 0 Å². The fourth-order valence-corrected chi connectivity index (χ4v) is 4.12. The molecular weight excluding hydrogens is 980 g/mol. The van der Waals surface area contributed by atoms with Gasteiger partial charge < -0.3 is 59.1 Å². The van der Waals surface area contributed by atoms with Gasteiger partial charge in [-0.2, -0.15) is 13.2 Å². The van der Waals surface area contributed by atoms with Crippen molar-refractivity contribution in [2.45, 2.75) is 188 Å². The SMILES string of the molecule is CCCCCCCCOC(=O)C[C@H](O)CCl.CCOC(=O)C[C@@H](C)O.CCOC(=O)C[C@H](O)C(C)C.CCOC(=O)C[C@H](O)C(F)(F)F.CCOC(=O)C[C@H](O)CCl.CCOC(=O)[C@H](Cl)[C@@H](C)O. The number of carbonyl (C=O) groups excluding carboxylic acids is 6. The first kappa shape index (κ1) is 76.7. The third kappa shape index (κ3) is 61.3. The van der Waals surface area contributed by atoms with Gasteiger partial charge in [-0.25, -0.2) is 0 Å². The van der Waals surface area contributed by atoms with Gasteiger partial charge >= 0.3 is 42.0 Å². The summed E-state index contributed by atoms with van der Waals surface area (Å²) in [4.78, 5) is 64.0. The standard InChI is InChI=1S/C12H23ClO3.C8H16O3.2C6H11ClO3.C6H9F3O3.C6H12O3/c1-2-3-4-5-6-7-8-16-12(15)9-11(14)10-13;1-4-11-8(10)5-7(9)6(2)3;1-3-10-6(9)5(7)4(2)8;1-2-10-6(9)3-5(8)4-7;1-2-12-5(11)3-4(10)6(7,8)9;1-3-9-6(8)4-5(2)7/h11,14H,2-10H2,1H3;6-7,9H,4-5H2,1-3H3;4-5,8H,3H2,1-2H3;5,8H,2-4H2,1H3;4,10H,2-3H2,1H3;5,7H,3-4H2,1-2H3/t11-;7-;4-,5-;5-;4-;5-/m001001/s1. The lowest BCUT2D eigenvalue weighted by molar-refractivity contribution is -0.209. The molecule has 0 aromatic carbocycles. The maximum absolute atomic E-state index is 11.6. The van der Waals surface area contributed by atoms with Gasteiger partial charge in [0, 0.05) is 11.8 Å². The molecule has 0 unspecified atom stereocenters. The molecule has 0 bridgehead atoms. The highest BCUT2D eigenvalue weighted by atomic mass is 35.5. The summed E-state index contributed by atoms with van der Waals surface area (Å²) in [5.74, 6) is -2.80. The van der Waals surface area contributed by atoms with E-state index in [-0.39, 0.29) is 74.5 Å². The molecule has 7 atom stereocenters. The highest BCUT2D eigenvalue weighted by Crippen LogP contribution is 2.22. The van der Waals surface area contributed by atoms with Gasteiger partial charge in [-0.1, -0.05) is 52.9 Å². The highest BCUT2D eigenvalue weighted by molar-refractivity contribution is 6.30. The van der Waals surface area contributed by atoms with Gasteiger partial charge in [0.25, 0.3) is 0 Å². The number of carbonyl (C=O) groups is 6. The van der Waals surface area contributed by atoms with Crippen LogP contribution in [0.3, 0.4) is 0 Å². The zero-order valence-corrected chi connectivity index (χ0v) is 43.7. The molecule has 0 fully saturated rings. The molecule has 408 valence electrons. The molecule has 0 aliphatic carbocycles. The molecular formula is C44H82Cl3F3O18. The van der Waals surface area contributed by atoms with E-state index in [4.69, 9.17) is 65.1 Å². The van der Waals surface area contributed by atoms with E-state index in [2.05, 4.69) is 30.6 Å². The number of hydrogen-bond donors (Lipinski definition) is 6. The first-order chi connectivity index (χ1) is 31.6. The molecule has 0 amide bonds. The lowest BCUT2D eigenvalue weighted by atomic mass is 10.1. The molecule has 0 heterocycles. The maximum atomic E-state index is 11.6. The number of esters is 6. The number of ether oxygens (including phenoxy) is 6. The molecule has 0 aliphatic rings. The molecule has 0 rings (SSSR count). The van der Waals surface area contributed by atoms with E-state index in [1.165, 1.54) is 39.5 Å². The second-order valence-corrected chi connectivity index (χ2v) is 15.5. The molecule has 0 aromatic heterocycles. The van der Waals surface area contributed by atoms with Crippen molar-refractivity contribution in [2.24, 2.45) is 5.92 Å². The Bertz CT molecular complexity index is 1230. The lowest BCUT2D eigenvalue weighted by Crippen LogP contribution is -2.31. The van der Waals surface area contributed by atoms with Crippen molar-refractivity contribution < 1.29 is 101 Å². The van der Waals surface area contributed by atoms with Crippen LogP contribution in [0.25, 0.3) is 0 Å². The Hall–Kier alpha value is -2.76. The Morgan fingerprint density at radius 3 is 1.19 bits per heavy atom. The van der Waals surface area contributed by atoms with Gasteiger partial charge in [0.15, 0.2) is 11.5 Å². The second-order valence-electron chi connectivity index (χ2n) is 14.5. The second kappa shape index (κ2) is 52.1. The van der Waals surface area contributed by atoms with Crippen molar-refractivity contribution in [1.82, 2.24) is 0 Å². The summed E-state index contributed by atoms with van der Waals surface area (Å²) in [7, 11) is 0. The van der Waals surface area contributed by atoms with Crippen molar-refractivity contribution in [3.8, 4) is 0 Å². The smallest absolute Gasteiger partial charge is 0.414 e. The minimum absolute atomic E-state index is 0.000660. The number of aliphatic hydroxyl groups excluding tert-OH is 6. The molecule has 0 aromatic rings. The van der Waals surface area contributed by atoms with E-state index < -0.39 is 72.5 Å². The predicted molar refractivity (Wildman–Crippen MR) is 250 cm³/mol. The van der Waals surface area contributed by atoms with E-state index in [1.54, 1.807) is 34.6 Å². The Morgan fingerprint density at radius 2 is 0.853 bits per heavy atom. The summed E-state index contributed by atoms with van der Waals surface area (Å²) in [6.07, 6.45) is -4.84.